The van der Waals surface area contributed by atoms with Gasteiger partial charge in [-0.25, -0.2) is 4.98 Å². The molecule has 1 atom stereocenters. The van der Waals surface area contributed by atoms with Gasteiger partial charge in [-0.1, -0.05) is 11.6 Å². The lowest BCUT2D eigenvalue weighted by Crippen LogP contribution is -2.35. The molecule has 2 N–H and O–H groups in total. The number of halogens is 4. The predicted octanol–water partition coefficient (Wildman–Crippen LogP) is 1.47. The number of alkyl halides is 3. The van der Waals surface area contributed by atoms with Gasteiger partial charge in [-0.05, 0) is 0 Å². The SMILES string of the molecule is OC(CNc1cncc(Cl)n1)C(F)(F)F. The third kappa shape index (κ3) is 3.88. The predicted molar refractivity (Wildman–Crippen MR) is 47.6 cm³/mol. The number of anilines is 1. The van der Waals surface area contributed by atoms with Gasteiger partial charge in [-0.15, -0.1) is 0 Å². The van der Waals surface area contributed by atoms with Crippen molar-refractivity contribution in [2.24, 2.45) is 0 Å². The molecule has 1 heterocycles. The van der Waals surface area contributed by atoms with Crippen LogP contribution in [0.15, 0.2) is 12.4 Å². The van der Waals surface area contributed by atoms with Crippen LogP contribution in [0.1, 0.15) is 0 Å². The minimum absolute atomic E-state index is 0.0569. The highest BCUT2D eigenvalue weighted by atomic mass is 35.5. The highest BCUT2D eigenvalue weighted by Gasteiger charge is 2.37. The lowest BCUT2D eigenvalue weighted by molar-refractivity contribution is -0.198. The van der Waals surface area contributed by atoms with Gasteiger partial charge in [0.2, 0.25) is 0 Å². The van der Waals surface area contributed by atoms with Crippen LogP contribution in [0.25, 0.3) is 0 Å². The summed E-state index contributed by atoms with van der Waals surface area (Å²) >= 11 is 5.45. The monoisotopic (exact) mass is 241 g/mol. The van der Waals surface area contributed by atoms with Crippen molar-refractivity contribution in [1.29, 1.82) is 0 Å². The van der Waals surface area contributed by atoms with Crippen LogP contribution in [0, 0.1) is 0 Å². The maximum Gasteiger partial charge on any atom is 0.416 e. The molecule has 15 heavy (non-hydrogen) atoms. The molecule has 84 valence electrons. The smallest absolute Gasteiger partial charge is 0.382 e. The summed E-state index contributed by atoms with van der Waals surface area (Å²) in [6, 6.07) is 0. The number of rotatable bonds is 3. The van der Waals surface area contributed by atoms with E-state index in [9.17, 15) is 13.2 Å². The second-order valence-corrected chi connectivity index (χ2v) is 3.05. The van der Waals surface area contributed by atoms with E-state index in [1.807, 2.05) is 0 Å². The Hall–Kier alpha value is -1.08. The van der Waals surface area contributed by atoms with E-state index in [0.717, 1.165) is 0 Å². The lowest BCUT2D eigenvalue weighted by atomic mass is 10.3. The first-order valence-electron chi connectivity index (χ1n) is 3.86. The number of hydrogen-bond acceptors (Lipinski definition) is 4. The Balaban J connectivity index is 2.51. The molecule has 0 aliphatic carbocycles. The van der Waals surface area contributed by atoms with Gasteiger partial charge < -0.3 is 10.4 Å². The highest BCUT2D eigenvalue weighted by molar-refractivity contribution is 6.29. The first-order chi connectivity index (χ1) is 6.89. The zero-order valence-electron chi connectivity index (χ0n) is 7.29. The minimum Gasteiger partial charge on any atom is -0.382 e. The third-order valence-electron chi connectivity index (χ3n) is 1.46. The molecule has 0 radical (unpaired) electrons. The normalized spacial score (nSPS) is 13.7. The number of nitrogens with zero attached hydrogens (tertiary/aromatic N) is 2. The zero-order chi connectivity index (χ0) is 11.5. The molecule has 8 heteroatoms. The molecule has 1 rings (SSSR count). The molecule has 1 unspecified atom stereocenters. The molecule has 0 saturated carbocycles. The van der Waals surface area contributed by atoms with Crippen LogP contribution in [-0.4, -0.2) is 33.9 Å². The lowest BCUT2D eigenvalue weighted by Gasteiger charge is -2.14. The van der Waals surface area contributed by atoms with Crippen LogP contribution in [0.3, 0.4) is 0 Å². The minimum atomic E-state index is -4.65. The van der Waals surface area contributed by atoms with Gasteiger partial charge in [-0.3, -0.25) is 4.98 Å². The van der Waals surface area contributed by atoms with Gasteiger partial charge in [0, 0.05) is 0 Å². The van der Waals surface area contributed by atoms with E-state index >= 15 is 0 Å². The fourth-order valence-corrected chi connectivity index (χ4v) is 0.892. The van der Waals surface area contributed by atoms with E-state index in [-0.39, 0.29) is 11.0 Å². The molecule has 1 aromatic heterocycles. The van der Waals surface area contributed by atoms with E-state index in [1.54, 1.807) is 0 Å². The molecule has 4 nitrogen and oxygen atoms in total. The molecule has 1 aromatic rings. The van der Waals surface area contributed by atoms with Gasteiger partial charge in [0.15, 0.2) is 6.10 Å². The summed E-state index contributed by atoms with van der Waals surface area (Å²) in [6.07, 6.45) is -4.65. The Bertz CT molecular complexity index is 334. The summed E-state index contributed by atoms with van der Waals surface area (Å²) in [7, 11) is 0. The second kappa shape index (κ2) is 4.63. The standard InChI is InChI=1S/C7H7ClF3N3O/c8-5-2-12-3-6(14-5)13-1-4(15)7(9,10)11/h2-4,15H,1H2,(H,13,14). The number of aliphatic hydroxyl groups is 1. The average molecular weight is 242 g/mol. The Labute approximate surface area is 88.1 Å². The Morgan fingerprint density at radius 1 is 1.47 bits per heavy atom. The molecule has 0 spiro atoms. The molecule has 0 aromatic carbocycles. The number of aromatic nitrogens is 2. The maximum atomic E-state index is 11.9. The summed E-state index contributed by atoms with van der Waals surface area (Å²) in [6.45, 7) is -0.696. The van der Waals surface area contributed by atoms with Crippen LogP contribution in [0.4, 0.5) is 19.0 Å². The molecule has 0 fully saturated rings. The van der Waals surface area contributed by atoms with Crippen LogP contribution < -0.4 is 5.32 Å². The molecule has 0 aliphatic rings. The first kappa shape index (κ1) is 12.0. The van der Waals surface area contributed by atoms with Crippen molar-refractivity contribution >= 4 is 17.4 Å². The number of nitrogens with one attached hydrogen (secondary N) is 1. The van der Waals surface area contributed by atoms with E-state index in [2.05, 4.69) is 15.3 Å². The molecule has 0 aliphatic heterocycles. The molecular weight excluding hydrogens is 235 g/mol. The second-order valence-electron chi connectivity index (χ2n) is 2.67. The zero-order valence-corrected chi connectivity index (χ0v) is 8.05. The van der Waals surface area contributed by atoms with Crippen molar-refractivity contribution in [3.8, 4) is 0 Å². The van der Waals surface area contributed by atoms with Crippen molar-refractivity contribution in [2.45, 2.75) is 12.3 Å². The van der Waals surface area contributed by atoms with E-state index in [0.29, 0.717) is 0 Å². The molecule has 0 saturated heterocycles. The number of hydrogen-bond donors (Lipinski definition) is 2. The van der Waals surface area contributed by atoms with Crippen molar-refractivity contribution in [3.63, 3.8) is 0 Å². The summed E-state index contributed by atoms with van der Waals surface area (Å²) < 4.78 is 35.6. The van der Waals surface area contributed by atoms with Crippen molar-refractivity contribution in [3.05, 3.63) is 17.5 Å². The highest BCUT2D eigenvalue weighted by Crippen LogP contribution is 2.20. The topological polar surface area (TPSA) is 58.0 Å². The van der Waals surface area contributed by atoms with Crippen molar-refractivity contribution in [1.82, 2.24) is 9.97 Å². The van der Waals surface area contributed by atoms with Gasteiger partial charge in [0.05, 0.1) is 18.9 Å². The van der Waals surface area contributed by atoms with Gasteiger partial charge in [0.25, 0.3) is 0 Å². The van der Waals surface area contributed by atoms with Crippen molar-refractivity contribution < 1.29 is 18.3 Å². The fourth-order valence-electron chi connectivity index (χ4n) is 0.744. The van der Waals surface area contributed by atoms with Crippen LogP contribution in [0.2, 0.25) is 5.15 Å². The van der Waals surface area contributed by atoms with Gasteiger partial charge in [0.1, 0.15) is 11.0 Å². The van der Waals surface area contributed by atoms with Crippen molar-refractivity contribution in [2.75, 3.05) is 11.9 Å². The van der Waals surface area contributed by atoms with E-state index in [1.165, 1.54) is 12.4 Å². The summed E-state index contributed by atoms with van der Waals surface area (Å²) in [5.41, 5.74) is 0. The Kier molecular flexibility index (Phi) is 3.70. The average Bonchev–Trinajstić information content (AvgIpc) is 2.12. The summed E-state index contributed by atoms with van der Waals surface area (Å²) in [5.74, 6) is 0.0748. The molecular formula is C7H7ClF3N3O. The van der Waals surface area contributed by atoms with Crippen LogP contribution in [0.5, 0.6) is 0 Å². The van der Waals surface area contributed by atoms with Crippen LogP contribution in [-0.2, 0) is 0 Å². The molecule has 0 bridgehead atoms. The number of aliphatic hydroxyl groups excluding tert-OH is 1. The quantitative estimate of drug-likeness (QED) is 0.841. The van der Waals surface area contributed by atoms with Gasteiger partial charge >= 0.3 is 6.18 Å². The van der Waals surface area contributed by atoms with E-state index < -0.39 is 18.8 Å². The summed E-state index contributed by atoms with van der Waals surface area (Å²) in [5, 5.41) is 11.0. The summed E-state index contributed by atoms with van der Waals surface area (Å²) in [4.78, 5) is 7.25. The first-order valence-corrected chi connectivity index (χ1v) is 4.23. The largest absolute Gasteiger partial charge is 0.416 e. The fraction of sp³-hybridized carbons (Fsp3) is 0.429. The third-order valence-corrected chi connectivity index (χ3v) is 1.64. The van der Waals surface area contributed by atoms with E-state index in [4.69, 9.17) is 16.7 Å². The van der Waals surface area contributed by atoms with Crippen LogP contribution >= 0.6 is 11.6 Å². The van der Waals surface area contributed by atoms with Gasteiger partial charge in [-0.2, -0.15) is 13.2 Å². The Morgan fingerprint density at radius 3 is 2.67 bits per heavy atom. The molecule has 0 amide bonds. The Morgan fingerprint density at radius 2 is 2.13 bits per heavy atom. The maximum absolute atomic E-state index is 11.9.